The summed E-state index contributed by atoms with van der Waals surface area (Å²) in [5.41, 5.74) is 1.01. The molecule has 2 rings (SSSR count). The maximum absolute atomic E-state index is 11.5. The van der Waals surface area contributed by atoms with E-state index in [1.54, 1.807) is 11.3 Å². The van der Waals surface area contributed by atoms with Crippen LogP contribution >= 0.6 is 23.1 Å². The first-order valence-electron chi connectivity index (χ1n) is 4.76. The maximum atomic E-state index is 11.5. The molecule has 0 aromatic carbocycles. The molecule has 1 aliphatic rings. The summed E-state index contributed by atoms with van der Waals surface area (Å²) in [5, 5.41) is 12.8. The van der Waals surface area contributed by atoms with Crippen molar-refractivity contribution in [3.05, 3.63) is 22.4 Å². The van der Waals surface area contributed by atoms with E-state index in [0.717, 1.165) is 5.56 Å². The topological polar surface area (TPSA) is 57.6 Å². The number of rotatable bonds is 2. The average Bonchev–Trinajstić information content (AvgIpc) is 2.85. The normalized spacial score (nSPS) is 24.7. The zero-order valence-electron chi connectivity index (χ0n) is 8.62. The number of hydrogen-bond acceptors (Lipinski definition) is 4. The first kappa shape index (κ1) is 11.5. The number of carboxylic acid groups (broad SMARTS) is 1. The minimum absolute atomic E-state index is 0.148. The molecule has 2 unspecified atom stereocenters. The van der Waals surface area contributed by atoms with Crippen molar-refractivity contribution in [2.45, 2.75) is 18.3 Å². The molecule has 16 heavy (non-hydrogen) atoms. The molecule has 0 radical (unpaired) electrons. The predicted octanol–water partition coefficient (Wildman–Crippen LogP) is 1.80. The molecular weight excluding hydrogens is 246 g/mol. The van der Waals surface area contributed by atoms with Crippen LogP contribution < -0.4 is 0 Å². The molecule has 4 nitrogen and oxygen atoms in total. The van der Waals surface area contributed by atoms with Crippen LogP contribution in [0.15, 0.2) is 16.8 Å². The van der Waals surface area contributed by atoms with Crippen LogP contribution in [0.4, 0.5) is 0 Å². The van der Waals surface area contributed by atoms with E-state index >= 15 is 0 Å². The second-order valence-electron chi connectivity index (χ2n) is 3.52. The molecule has 2 atom stereocenters. The van der Waals surface area contributed by atoms with Crippen LogP contribution in [0.25, 0.3) is 0 Å². The van der Waals surface area contributed by atoms with Crippen molar-refractivity contribution in [3.63, 3.8) is 0 Å². The Hall–Kier alpha value is -1.01. The van der Waals surface area contributed by atoms with Gasteiger partial charge in [0.2, 0.25) is 5.91 Å². The summed E-state index contributed by atoms with van der Waals surface area (Å²) < 4.78 is 0. The lowest BCUT2D eigenvalue weighted by atomic mass is 10.2. The Morgan fingerprint density at radius 1 is 1.56 bits per heavy atom. The zero-order valence-corrected chi connectivity index (χ0v) is 10.3. The van der Waals surface area contributed by atoms with Crippen LogP contribution in [0.1, 0.15) is 17.9 Å². The summed E-state index contributed by atoms with van der Waals surface area (Å²) in [7, 11) is 0. The molecule has 1 aliphatic heterocycles. The number of thiophene rings is 1. The lowest BCUT2D eigenvalue weighted by molar-refractivity contribution is -0.148. The second kappa shape index (κ2) is 4.47. The van der Waals surface area contributed by atoms with Crippen LogP contribution in [-0.4, -0.2) is 33.7 Å². The third-order valence-electron chi connectivity index (χ3n) is 2.48. The number of carbonyl (C=O) groups excluding carboxylic acids is 1. The summed E-state index contributed by atoms with van der Waals surface area (Å²) in [6, 6.07) is 1.23. The Morgan fingerprint density at radius 2 is 2.31 bits per heavy atom. The highest BCUT2D eigenvalue weighted by Gasteiger charge is 2.40. The number of nitrogens with zero attached hydrogens (tertiary/aromatic N) is 1. The highest BCUT2D eigenvalue weighted by molar-refractivity contribution is 7.99. The fraction of sp³-hybridized carbons (Fsp3) is 0.400. The molecule has 1 fully saturated rings. The molecule has 0 saturated carbocycles. The first-order chi connectivity index (χ1) is 7.61. The minimum atomic E-state index is -0.930. The molecule has 0 aliphatic carbocycles. The van der Waals surface area contributed by atoms with E-state index in [0.29, 0.717) is 5.75 Å². The van der Waals surface area contributed by atoms with Crippen molar-refractivity contribution in [1.29, 1.82) is 0 Å². The van der Waals surface area contributed by atoms with E-state index in [1.807, 2.05) is 16.8 Å². The van der Waals surface area contributed by atoms with Crippen LogP contribution in [0.2, 0.25) is 0 Å². The number of carbonyl (C=O) groups is 2. The summed E-state index contributed by atoms with van der Waals surface area (Å²) in [5.74, 6) is -0.663. The standard InChI is InChI=1S/C10H11NO3S2/c1-6(12)11-8(10(13)14)5-16-9(11)7-2-3-15-4-7/h2-4,8-9H,5H2,1H3,(H,13,14). The second-order valence-corrected chi connectivity index (χ2v) is 5.42. The van der Waals surface area contributed by atoms with Gasteiger partial charge in [-0.15, -0.1) is 11.8 Å². The molecule has 0 bridgehead atoms. The largest absolute Gasteiger partial charge is 0.480 e. The van der Waals surface area contributed by atoms with Gasteiger partial charge in [0.25, 0.3) is 0 Å². The van der Waals surface area contributed by atoms with E-state index in [1.165, 1.54) is 23.6 Å². The van der Waals surface area contributed by atoms with Crippen LogP contribution in [0.3, 0.4) is 0 Å². The number of amides is 1. The smallest absolute Gasteiger partial charge is 0.327 e. The van der Waals surface area contributed by atoms with E-state index in [9.17, 15) is 9.59 Å². The Labute approximate surface area is 101 Å². The van der Waals surface area contributed by atoms with E-state index in [-0.39, 0.29) is 11.3 Å². The van der Waals surface area contributed by atoms with Gasteiger partial charge >= 0.3 is 5.97 Å². The molecule has 2 heterocycles. The Bertz CT molecular complexity index is 404. The van der Waals surface area contributed by atoms with Gasteiger partial charge in [-0.3, -0.25) is 4.79 Å². The van der Waals surface area contributed by atoms with Crippen molar-refractivity contribution in [1.82, 2.24) is 4.90 Å². The summed E-state index contributed by atoms with van der Waals surface area (Å²) in [6.45, 7) is 1.42. The van der Waals surface area contributed by atoms with Gasteiger partial charge in [0, 0.05) is 12.7 Å². The van der Waals surface area contributed by atoms with Gasteiger partial charge in [-0.2, -0.15) is 11.3 Å². The number of aliphatic carboxylic acids is 1. The van der Waals surface area contributed by atoms with E-state index in [4.69, 9.17) is 5.11 Å². The Morgan fingerprint density at radius 3 is 2.81 bits per heavy atom. The number of thioether (sulfide) groups is 1. The zero-order chi connectivity index (χ0) is 11.7. The molecule has 1 amide bonds. The van der Waals surface area contributed by atoms with Crippen LogP contribution in [0, 0.1) is 0 Å². The van der Waals surface area contributed by atoms with Crippen molar-refractivity contribution in [2.24, 2.45) is 0 Å². The van der Waals surface area contributed by atoms with Crippen molar-refractivity contribution < 1.29 is 14.7 Å². The average molecular weight is 257 g/mol. The molecule has 1 saturated heterocycles. The quantitative estimate of drug-likeness (QED) is 0.877. The monoisotopic (exact) mass is 257 g/mol. The Balaban J connectivity index is 2.28. The molecule has 86 valence electrons. The highest BCUT2D eigenvalue weighted by Crippen LogP contribution is 2.41. The van der Waals surface area contributed by atoms with Gasteiger partial charge in [-0.25, -0.2) is 4.79 Å². The molecule has 6 heteroatoms. The van der Waals surface area contributed by atoms with Crippen molar-refractivity contribution >= 4 is 35.0 Å². The first-order valence-corrected chi connectivity index (χ1v) is 6.76. The third kappa shape index (κ3) is 1.94. The lowest BCUT2D eigenvalue weighted by Crippen LogP contribution is -2.41. The fourth-order valence-electron chi connectivity index (χ4n) is 1.75. The lowest BCUT2D eigenvalue weighted by Gasteiger charge is -2.25. The molecular formula is C10H11NO3S2. The summed E-state index contributed by atoms with van der Waals surface area (Å²) in [4.78, 5) is 24.0. The van der Waals surface area contributed by atoms with Crippen molar-refractivity contribution in [2.75, 3.05) is 5.75 Å². The van der Waals surface area contributed by atoms with Crippen molar-refractivity contribution in [3.8, 4) is 0 Å². The van der Waals surface area contributed by atoms with E-state index < -0.39 is 12.0 Å². The fourth-order valence-corrected chi connectivity index (χ4v) is 3.98. The number of carboxylic acids is 1. The van der Waals surface area contributed by atoms with E-state index in [2.05, 4.69) is 0 Å². The van der Waals surface area contributed by atoms with Crippen LogP contribution in [-0.2, 0) is 9.59 Å². The summed E-state index contributed by atoms with van der Waals surface area (Å²) in [6.07, 6.45) is 0. The van der Waals surface area contributed by atoms with Gasteiger partial charge in [0.15, 0.2) is 0 Å². The minimum Gasteiger partial charge on any atom is -0.480 e. The number of hydrogen-bond donors (Lipinski definition) is 1. The predicted molar refractivity (Wildman–Crippen MR) is 63.5 cm³/mol. The molecule has 1 aromatic heterocycles. The van der Waals surface area contributed by atoms with Gasteiger partial charge in [0.05, 0.1) is 0 Å². The summed E-state index contributed by atoms with van der Waals surface area (Å²) >= 11 is 3.05. The van der Waals surface area contributed by atoms with Gasteiger partial charge in [-0.1, -0.05) is 0 Å². The van der Waals surface area contributed by atoms with Gasteiger partial charge < -0.3 is 10.0 Å². The third-order valence-corrected chi connectivity index (χ3v) is 4.50. The molecule has 1 N–H and O–H groups in total. The Kier molecular flexibility index (Phi) is 3.20. The van der Waals surface area contributed by atoms with Gasteiger partial charge in [0.1, 0.15) is 11.4 Å². The highest BCUT2D eigenvalue weighted by atomic mass is 32.2. The van der Waals surface area contributed by atoms with Gasteiger partial charge in [-0.05, 0) is 22.4 Å². The molecule has 0 spiro atoms. The maximum Gasteiger partial charge on any atom is 0.327 e. The SMILES string of the molecule is CC(=O)N1C(C(=O)O)CSC1c1ccsc1. The van der Waals surface area contributed by atoms with Crippen LogP contribution in [0.5, 0.6) is 0 Å². The molecule has 1 aromatic rings.